The van der Waals surface area contributed by atoms with Crippen LogP contribution in [0.4, 0.5) is 5.69 Å². The Morgan fingerprint density at radius 1 is 1.00 bits per heavy atom. The van der Waals surface area contributed by atoms with Gasteiger partial charge in [0.2, 0.25) is 21.8 Å². The molecule has 0 fully saturated rings. The monoisotopic (exact) mass is 545 g/mol. The molecule has 10 heteroatoms. The normalized spacial score (nSPS) is 13.4. The summed E-state index contributed by atoms with van der Waals surface area (Å²) in [5.74, 6) is 0.101. The molecule has 2 aromatic rings. The Morgan fingerprint density at radius 3 is 2.37 bits per heavy atom. The highest BCUT2D eigenvalue weighted by atomic mass is 32.2. The Hall–Kier alpha value is -3.27. The second-order valence-electron chi connectivity index (χ2n) is 9.13. The summed E-state index contributed by atoms with van der Waals surface area (Å²) in [5.41, 5.74) is 1.34. The maximum absolute atomic E-state index is 13.8. The minimum atomic E-state index is -3.82. The minimum absolute atomic E-state index is 0.187. The van der Waals surface area contributed by atoms with Gasteiger partial charge in [-0.15, -0.1) is 0 Å². The van der Waals surface area contributed by atoms with Gasteiger partial charge in [-0.05, 0) is 43.9 Å². The predicted molar refractivity (Wildman–Crippen MR) is 148 cm³/mol. The molecule has 2 amide bonds. The molecular weight excluding hydrogens is 506 g/mol. The zero-order valence-corrected chi connectivity index (χ0v) is 23.3. The molecule has 1 heterocycles. The zero-order chi connectivity index (χ0) is 27.5. The summed E-state index contributed by atoms with van der Waals surface area (Å²) in [5, 5.41) is 2.93. The third-order valence-corrected chi connectivity index (χ3v) is 8.23. The van der Waals surface area contributed by atoms with Crippen LogP contribution >= 0.6 is 0 Å². The molecule has 1 aliphatic heterocycles. The summed E-state index contributed by atoms with van der Waals surface area (Å²) in [7, 11) is -3.82. The number of unbranched alkanes of at least 4 members (excludes halogenated alkanes) is 1. The van der Waals surface area contributed by atoms with Gasteiger partial charge in [0.1, 0.15) is 25.8 Å². The quantitative estimate of drug-likeness (QED) is 0.365. The number of rotatable bonds is 14. The first-order valence-corrected chi connectivity index (χ1v) is 14.9. The number of fused-ring (bicyclic) bond motifs is 1. The maximum Gasteiger partial charge on any atom is 0.244 e. The van der Waals surface area contributed by atoms with Crippen molar-refractivity contribution >= 4 is 27.5 Å². The third kappa shape index (κ3) is 7.63. The molecule has 0 unspecified atom stereocenters. The van der Waals surface area contributed by atoms with Crippen LogP contribution in [0.25, 0.3) is 0 Å². The maximum atomic E-state index is 13.8. The summed E-state index contributed by atoms with van der Waals surface area (Å²) in [6, 6.07) is 13.8. The van der Waals surface area contributed by atoms with Gasteiger partial charge < -0.3 is 19.7 Å². The molecule has 0 saturated heterocycles. The molecule has 0 aliphatic carbocycles. The van der Waals surface area contributed by atoms with Gasteiger partial charge in [-0.3, -0.25) is 13.9 Å². The van der Waals surface area contributed by atoms with E-state index in [2.05, 4.69) is 5.32 Å². The van der Waals surface area contributed by atoms with Crippen LogP contribution in [0, 0.1) is 0 Å². The van der Waals surface area contributed by atoms with Gasteiger partial charge in [-0.1, -0.05) is 50.6 Å². The molecular formula is C28H39N3O6S. The molecule has 2 aromatic carbocycles. The van der Waals surface area contributed by atoms with E-state index in [0.29, 0.717) is 49.8 Å². The molecule has 0 saturated carbocycles. The first-order valence-electron chi connectivity index (χ1n) is 13.3. The molecule has 1 atom stereocenters. The highest BCUT2D eigenvalue weighted by Gasteiger charge is 2.32. The van der Waals surface area contributed by atoms with E-state index in [1.54, 1.807) is 18.2 Å². The molecule has 3 rings (SSSR count). The standard InChI is InChI=1S/C28H39N3O6S/c1-4-7-16-29-28(33)24(5-2)30(17-15-22-11-9-8-10-12-22)27(32)21-31(38(34,35)6-3)23-13-14-25-26(20-23)37-19-18-36-25/h8-14,20,24H,4-7,15-19,21H2,1-3H3,(H,29,33)/t24-/m0/s1. The van der Waals surface area contributed by atoms with E-state index in [9.17, 15) is 18.0 Å². The van der Waals surface area contributed by atoms with Crippen molar-refractivity contribution < 1.29 is 27.5 Å². The van der Waals surface area contributed by atoms with Crippen molar-refractivity contribution in [1.82, 2.24) is 10.2 Å². The number of ether oxygens (including phenoxy) is 2. The SMILES string of the molecule is CCCCNC(=O)[C@H](CC)N(CCc1ccccc1)C(=O)CN(c1ccc2c(c1)OCCO2)S(=O)(=O)CC. The highest BCUT2D eigenvalue weighted by Crippen LogP contribution is 2.35. The van der Waals surface area contributed by atoms with E-state index in [-0.39, 0.29) is 18.2 Å². The molecule has 0 bridgehead atoms. The Balaban J connectivity index is 1.90. The first-order chi connectivity index (χ1) is 18.3. The fraction of sp³-hybridized carbons (Fsp3) is 0.500. The fourth-order valence-electron chi connectivity index (χ4n) is 4.31. The Morgan fingerprint density at radius 2 is 1.71 bits per heavy atom. The van der Waals surface area contributed by atoms with E-state index in [1.807, 2.05) is 44.2 Å². The first kappa shape index (κ1) is 29.3. The number of hydrogen-bond acceptors (Lipinski definition) is 6. The van der Waals surface area contributed by atoms with Crippen LogP contribution in [0.5, 0.6) is 11.5 Å². The number of nitrogens with zero attached hydrogens (tertiary/aromatic N) is 2. The molecule has 208 valence electrons. The van der Waals surface area contributed by atoms with Gasteiger partial charge >= 0.3 is 0 Å². The third-order valence-electron chi connectivity index (χ3n) is 6.49. The lowest BCUT2D eigenvalue weighted by molar-refractivity contribution is -0.139. The number of anilines is 1. The molecule has 1 N–H and O–H groups in total. The lowest BCUT2D eigenvalue weighted by Gasteiger charge is -2.33. The van der Waals surface area contributed by atoms with Gasteiger partial charge in [0, 0.05) is 19.2 Å². The van der Waals surface area contributed by atoms with Crippen molar-refractivity contribution in [2.75, 3.05) is 42.9 Å². The number of carbonyl (C=O) groups excluding carboxylic acids is 2. The summed E-state index contributed by atoms with van der Waals surface area (Å²) < 4.78 is 38.6. The average molecular weight is 546 g/mol. The number of benzene rings is 2. The predicted octanol–water partition coefficient (Wildman–Crippen LogP) is 3.38. The van der Waals surface area contributed by atoms with Crippen LogP contribution in [0.3, 0.4) is 0 Å². The summed E-state index contributed by atoms with van der Waals surface area (Å²) in [6.07, 6.45) is 2.72. The van der Waals surface area contributed by atoms with Crippen LogP contribution in [0.1, 0.15) is 45.6 Å². The van der Waals surface area contributed by atoms with Crippen LogP contribution in [0.15, 0.2) is 48.5 Å². The number of sulfonamides is 1. The molecule has 1 aliphatic rings. The summed E-state index contributed by atoms with van der Waals surface area (Å²) in [6.45, 7) is 6.58. The lowest BCUT2D eigenvalue weighted by Crippen LogP contribution is -2.53. The second-order valence-corrected chi connectivity index (χ2v) is 11.3. The molecule has 38 heavy (non-hydrogen) atoms. The van der Waals surface area contributed by atoms with E-state index in [1.165, 1.54) is 11.8 Å². The minimum Gasteiger partial charge on any atom is -0.486 e. The van der Waals surface area contributed by atoms with Crippen LogP contribution in [-0.2, 0) is 26.0 Å². The number of hydrogen-bond donors (Lipinski definition) is 1. The summed E-state index contributed by atoms with van der Waals surface area (Å²) in [4.78, 5) is 28.4. The number of nitrogens with one attached hydrogen (secondary N) is 1. The van der Waals surface area contributed by atoms with Gasteiger partial charge in [0.15, 0.2) is 11.5 Å². The van der Waals surface area contributed by atoms with Gasteiger partial charge in [-0.2, -0.15) is 0 Å². The topological polar surface area (TPSA) is 105 Å². The van der Waals surface area contributed by atoms with E-state index >= 15 is 0 Å². The average Bonchev–Trinajstić information content (AvgIpc) is 2.94. The number of amides is 2. The van der Waals surface area contributed by atoms with Crippen molar-refractivity contribution in [3.63, 3.8) is 0 Å². The molecule has 0 spiro atoms. The van der Waals surface area contributed by atoms with Crippen molar-refractivity contribution in [3.8, 4) is 11.5 Å². The smallest absolute Gasteiger partial charge is 0.244 e. The van der Waals surface area contributed by atoms with Gasteiger partial charge in [0.05, 0.1) is 11.4 Å². The van der Waals surface area contributed by atoms with Crippen molar-refractivity contribution in [2.24, 2.45) is 0 Å². The van der Waals surface area contributed by atoms with Crippen molar-refractivity contribution in [3.05, 3.63) is 54.1 Å². The molecule has 0 radical (unpaired) electrons. The number of carbonyl (C=O) groups is 2. The second kappa shape index (κ2) is 14.0. The van der Waals surface area contributed by atoms with Gasteiger partial charge in [0.25, 0.3) is 0 Å². The van der Waals surface area contributed by atoms with Crippen LogP contribution < -0.4 is 19.1 Å². The van der Waals surface area contributed by atoms with Crippen molar-refractivity contribution in [1.29, 1.82) is 0 Å². The van der Waals surface area contributed by atoms with Crippen molar-refractivity contribution in [2.45, 2.75) is 52.5 Å². The van der Waals surface area contributed by atoms with E-state index < -0.39 is 28.5 Å². The van der Waals surface area contributed by atoms with Crippen LogP contribution in [0.2, 0.25) is 0 Å². The lowest BCUT2D eigenvalue weighted by atomic mass is 10.1. The molecule has 0 aromatic heterocycles. The van der Waals surface area contributed by atoms with E-state index in [4.69, 9.17) is 9.47 Å². The van der Waals surface area contributed by atoms with E-state index in [0.717, 1.165) is 22.7 Å². The zero-order valence-electron chi connectivity index (χ0n) is 22.5. The Labute approximate surface area is 226 Å². The molecule has 9 nitrogen and oxygen atoms in total. The Kier molecular flexibility index (Phi) is 10.8. The largest absolute Gasteiger partial charge is 0.486 e. The van der Waals surface area contributed by atoms with Gasteiger partial charge in [-0.25, -0.2) is 8.42 Å². The highest BCUT2D eigenvalue weighted by molar-refractivity contribution is 7.92. The Bertz CT molecular complexity index is 1170. The summed E-state index contributed by atoms with van der Waals surface area (Å²) >= 11 is 0. The fourth-order valence-corrected chi connectivity index (χ4v) is 5.36. The van der Waals surface area contributed by atoms with Crippen LogP contribution in [-0.4, -0.2) is 69.8 Å².